The van der Waals surface area contributed by atoms with E-state index in [4.69, 9.17) is 4.74 Å². The van der Waals surface area contributed by atoms with Gasteiger partial charge in [0.15, 0.2) is 0 Å². The lowest BCUT2D eigenvalue weighted by molar-refractivity contribution is 0.0526. The number of carbonyl (C=O) groups excluding carboxylic acids is 1. The van der Waals surface area contributed by atoms with E-state index in [1.807, 2.05) is 35.0 Å². The molecule has 0 atom stereocenters. The molecule has 5 heteroatoms. The Labute approximate surface area is 145 Å². The molecule has 0 unspecified atom stereocenters. The standard InChI is InChI=1S/C20H18N2O3/c1-2-25-20(24)15-5-7-16(8-6-15)21-14-18-4-3-13-22(18)17-9-11-19(23)12-10-17/h3-14,23H,2H2,1H3. The summed E-state index contributed by atoms with van der Waals surface area (Å²) >= 11 is 0. The van der Waals surface area contributed by atoms with E-state index in [0.29, 0.717) is 12.2 Å². The number of phenols is 1. The van der Waals surface area contributed by atoms with Gasteiger partial charge in [0.05, 0.1) is 29.8 Å². The summed E-state index contributed by atoms with van der Waals surface area (Å²) in [6, 6.07) is 17.8. The maximum absolute atomic E-state index is 11.6. The van der Waals surface area contributed by atoms with Gasteiger partial charge in [-0.2, -0.15) is 0 Å². The summed E-state index contributed by atoms with van der Waals surface area (Å²) in [4.78, 5) is 16.1. The van der Waals surface area contributed by atoms with Gasteiger partial charge in [0.25, 0.3) is 0 Å². The van der Waals surface area contributed by atoms with Crippen LogP contribution in [0, 0.1) is 0 Å². The molecule has 0 radical (unpaired) electrons. The highest BCUT2D eigenvalue weighted by Gasteiger charge is 2.05. The first-order valence-corrected chi connectivity index (χ1v) is 7.95. The lowest BCUT2D eigenvalue weighted by Gasteiger charge is -2.06. The minimum absolute atomic E-state index is 0.229. The lowest BCUT2D eigenvalue weighted by atomic mass is 10.2. The van der Waals surface area contributed by atoms with E-state index in [-0.39, 0.29) is 11.7 Å². The fraction of sp³-hybridized carbons (Fsp3) is 0.100. The first-order chi connectivity index (χ1) is 12.2. The summed E-state index contributed by atoms with van der Waals surface area (Å²) in [6.45, 7) is 2.13. The van der Waals surface area contributed by atoms with Crippen LogP contribution in [0.15, 0.2) is 71.9 Å². The molecule has 0 fully saturated rings. The molecule has 3 rings (SSSR count). The predicted octanol–water partition coefficient (Wildman–Crippen LogP) is 4.11. The molecule has 0 aliphatic rings. The van der Waals surface area contributed by atoms with Gasteiger partial charge in [0, 0.05) is 11.9 Å². The number of rotatable bonds is 5. The van der Waals surface area contributed by atoms with E-state index in [0.717, 1.165) is 17.1 Å². The van der Waals surface area contributed by atoms with Gasteiger partial charge in [-0.05, 0) is 67.6 Å². The molecule has 0 aliphatic carbocycles. The van der Waals surface area contributed by atoms with Crippen molar-refractivity contribution in [3.05, 3.63) is 78.1 Å². The molecule has 0 bridgehead atoms. The van der Waals surface area contributed by atoms with E-state index in [2.05, 4.69) is 4.99 Å². The SMILES string of the molecule is CCOC(=O)c1ccc(N=Cc2cccn2-c2ccc(O)cc2)cc1. The molecule has 0 saturated carbocycles. The topological polar surface area (TPSA) is 63.8 Å². The van der Waals surface area contributed by atoms with Crippen LogP contribution in [0.5, 0.6) is 5.75 Å². The number of ether oxygens (including phenoxy) is 1. The number of aromatic hydroxyl groups is 1. The third kappa shape index (κ3) is 3.95. The molecular weight excluding hydrogens is 316 g/mol. The van der Waals surface area contributed by atoms with Crippen molar-refractivity contribution in [3.63, 3.8) is 0 Å². The van der Waals surface area contributed by atoms with E-state index in [1.165, 1.54) is 0 Å². The number of esters is 1. The van der Waals surface area contributed by atoms with Gasteiger partial charge in [0.2, 0.25) is 0 Å². The molecule has 2 aromatic carbocycles. The molecule has 25 heavy (non-hydrogen) atoms. The zero-order valence-electron chi connectivity index (χ0n) is 13.8. The van der Waals surface area contributed by atoms with Crippen LogP contribution in [0.1, 0.15) is 23.0 Å². The fourth-order valence-corrected chi connectivity index (χ4v) is 2.39. The second-order valence-electron chi connectivity index (χ2n) is 5.34. The van der Waals surface area contributed by atoms with Crippen LogP contribution in [0.3, 0.4) is 0 Å². The van der Waals surface area contributed by atoms with Crippen LogP contribution in [-0.4, -0.2) is 28.5 Å². The second-order valence-corrected chi connectivity index (χ2v) is 5.34. The smallest absolute Gasteiger partial charge is 0.338 e. The third-order valence-corrected chi connectivity index (χ3v) is 3.63. The minimum atomic E-state index is -0.334. The van der Waals surface area contributed by atoms with Crippen molar-refractivity contribution in [2.24, 2.45) is 4.99 Å². The van der Waals surface area contributed by atoms with Gasteiger partial charge in [-0.15, -0.1) is 0 Å². The number of aromatic nitrogens is 1. The van der Waals surface area contributed by atoms with E-state index < -0.39 is 0 Å². The van der Waals surface area contributed by atoms with Crippen LogP contribution in [0.25, 0.3) is 5.69 Å². The molecule has 126 valence electrons. The average molecular weight is 334 g/mol. The Morgan fingerprint density at radius 2 is 1.84 bits per heavy atom. The van der Waals surface area contributed by atoms with Crippen LogP contribution in [0.2, 0.25) is 0 Å². The summed E-state index contributed by atoms with van der Waals surface area (Å²) in [6.07, 6.45) is 3.68. The van der Waals surface area contributed by atoms with E-state index in [9.17, 15) is 9.90 Å². The molecule has 1 N–H and O–H groups in total. The maximum Gasteiger partial charge on any atom is 0.338 e. The molecule has 1 heterocycles. The predicted molar refractivity (Wildman–Crippen MR) is 97.1 cm³/mol. The summed E-state index contributed by atoms with van der Waals surface area (Å²) in [5, 5.41) is 9.40. The highest BCUT2D eigenvalue weighted by atomic mass is 16.5. The van der Waals surface area contributed by atoms with Gasteiger partial charge in [-0.25, -0.2) is 4.79 Å². The van der Waals surface area contributed by atoms with Crippen molar-refractivity contribution in [3.8, 4) is 11.4 Å². The Morgan fingerprint density at radius 3 is 2.52 bits per heavy atom. The van der Waals surface area contributed by atoms with Gasteiger partial charge in [0.1, 0.15) is 5.75 Å². The molecule has 0 amide bonds. The summed E-state index contributed by atoms with van der Waals surface area (Å²) in [7, 11) is 0. The third-order valence-electron chi connectivity index (χ3n) is 3.63. The first kappa shape index (κ1) is 16.5. The monoisotopic (exact) mass is 334 g/mol. The Bertz CT molecular complexity index is 878. The normalized spacial score (nSPS) is 10.9. The molecule has 0 aliphatic heterocycles. The van der Waals surface area contributed by atoms with Crippen molar-refractivity contribution in [2.45, 2.75) is 6.92 Å². The number of nitrogens with zero attached hydrogens (tertiary/aromatic N) is 2. The minimum Gasteiger partial charge on any atom is -0.508 e. The zero-order valence-corrected chi connectivity index (χ0v) is 13.8. The van der Waals surface area contributed by atoms with Gasteiger partial charge < -0.3 is 14.4 Å². The molecule has 1 aromatic heterocycles. The number of hydrogen-bond acceptors (Lipinski definition) is 4. The van der Waals surface area contributed by atoms with E-state index in [1.54, 1.807) is 49.5 Å². The van der Waals surface area contributed by atoms with Crippen LogP contribution in [-0.2, 0) is 4.74 Å². The number of aliphatic imine (C=N–C) groups is 1. The Hall–Kier alpha value is -3.34. The van der Waals surface area contributed by atoms with Gasteiger partial charge >= 0.3 is 5.97 Å². The number of phenolic OH excluding ortho intramolecular Hbond substituents is 1. The number of benzene rings is 2. The number of hydrogen-bond donors (Lipinski definition) is 1. The molecule has 5 nitrogen and oxygen atoms in total. The zero-order chi connectivity index (χ0) is 17.6. The Kier molecular flexibility index (Phi) is 4.95. The van der Waals surface area contributed by atoms with E-state index >= 15 is 0 Å². The molecular formula is C20H18N2O3. The molecule has 0 saturated heterocycles. The van der Waals surface area contributed by atoms with Crippen molar-refractivity contribution in [1.82, 2.24) is 4.57 Å². The molecule has 3 aromatic rings. The van der Waals surface area contributed by atoms with Crippen molar-refractivity contribution in [2.75, 3.05) is 6.61 Å². The van der Waals surface area contributed by atoms with Gasteiger partial charge in [-0.1, -0.05) is 0 Å². The van der Waals surface area contributed by atoms with Crippen molar-refractivity contribution < 1.29 is 14.6 Å². The van der Waals surface area contributed by atoms with Crippen molar-refractivity contribution >= 4 is 17.9 Å². The summed E-state index contributed by atoms with van der Waals surface area (Å²) in [5.74, 6) is -0.105. The maximum atomic E-state index is 11.6. The highest BCUT2D eigenvalue weighted by molar-refractivity contribution is 5.90. The Morgan fingerprint density at radius 1 is 1.12 bits per heavy atom. The number of carbonyl (C=O) groups is 1. The lowest BCUT2D eigenvalue weighted by Crippen LogP contribution is -2.03. The van der Waals surface area contributed by atoms with Crippen molar-refractivity contribution in [1.29, 1.82) is 0 Å². The highest BCUT2D eigenvalue weighted by Crippen LogP contribution is 2.17. The summed E-state index contributed by atoms with van der Waals surface area (Å²) in [5.41, 5.74) is 3.09. The Balaban J connectivity index is 1.78. The largest absolute Gasteiger partial charge is 0.508 e. The van der Waals surface area contributed by atoms with Crippen LogP contribution < -0.4 is 0 Å². The average Bonchev–Trinajstić information content (AvgIpc) is 3.10. The quantitative estimate of drug-likeness (QED) is 0.564. The van der Waals surface area contributed by atoms with Crippen LogP contribution >= 0.6 is 0 Å². The second kappa shape index (κ2) is 7.49. The summed E-state index contributed by atoms with van der Waals surface area (Å²) < 4.78 is 6.93. The van der Waals surface area contributed by atoms with Gasteiger partial charge in [-0.3, -0.25) is 4.99 Å². The fourth-order valence-electron chi connectivity index (χ4n) is 2.39. The first-order valence-electron chi connectivity index (χ1n) is 7.95. The molecule has 0 spiro atoms. The van der Waals surface area contributed by atoms with Crippen LogP contribution in [0.4, 0.5) is 5.69 Å².